The topological polar surface area (TPSA) is 68.0 Å². The molecule has 6 heteroatoms. The number of aryl methyl sites for hydroxylation is 1. The van der Waals surface area contributed by atoms with Gasteiger partial charge in [-0.15, -0.1) is 0 Å². The molecule has 0 saturated carbocycles. The fraction of sp³-hybridized carbons (Fsp3) is 0.467. The van der Waals surface area contributed by atoms with Crippen molar-refractivity contribution < 1.29 is 19.0 Å². The highest BCUT2D eigenvalue weighted by atomic mass is 19.1. The normalized spacial score (nSPS) is 21.8. The van der Waals surface area contributed by atoms with Crippen LogP contribution in [0.25, 0.3) is 0 Å². The van der Waals surface area contributed by atoms with Crippen molar-refractivity contribution in [1.82, 2.24) is 4.90 Å². The summed E-state index contributed by atoms with van der Waals surface area (Å²) in [6, 6.07) is 11.1. The lowest BCUT2D eigenvalue weighted by Crippen LogP contribution is -2.43. The molecule has 0 aromatic heterocycles. The Kier molecular flexibility index (Phi) is 8.06. The van der Waals surface area contributed by atoms with Crippen LogP contribution in [-0.4, -0.2) is 41.8 Å². The van der Waals surface area contributed by atoms with Gasteiger partial charge in [0.25, 0.3) is 0 Å². The maximum absolute atomic E-state index is 14.8. The predicted molar refractivity (Wildman–Crippen MR) is 141 cm³/mol. The van der Waals surface area contributed by atoms with Crippen LogP contribution in [0.3, 0.4) is 0 Å². The Morgan fingerprint density at radius 1 is 1.17 bits per heavy atom. The fourth-order valence-electron chi connectivity index (χ4n) is 5.36. The molecule has 36 heavy (non-hydrogen) atoms. The second kappa shape index (κ2) is 11.1. The largest absolute Gasteiger partial charge is 0.508 e. The molecule has 2 aromatic carbocycles. The van der Waals surface area contributed by atoms with Crippen molar-refractivity contribution in [2.75, 3.05) is 20.3 Å². The molecule has 0 heterocycles. The Hall–Kier alpha value is -2.83. The molecule has 2 aromatic rings. The quantitative estimate of drug-likeness (QED) is 0.491. The number of benzene rings is 2. The number of aromatic hydroxyl groups is 1. The second-order valence-corrected chi connectivity index (χ2v) is 10.8. The molecule has 194 valence electrons. The van der Waals surface area contributed by atoms with E-state index in [-0.39, 0.29) is 24.2 Å². The van der Waals surface area contributed by atoms with Gasteiger partial charge < -0.3 is 20.3 Å². The molecule has 2 aliphatic rings. The van der Waals surface area contributed by atoms with Crippen molar-refractivity contribution in [3.63, 3.8) is 0 Å². The highest BCUT2D eigenvalue weighted by Crippen LogP contribution is 2.38. The Balaban J connectivity index is 1.52. The zero-order valence-electron chi connectivity index (χ0n) is 21.8. The van der Waals surface area contributed by atoms with Crippen molar-refractivity contribution in [2.45, 2.75) is 58.2 Å². The Morgan fingerprint density at radius 3 is 2.67 bits per heavy atom. The summed E-state index contributed by atoms with van der Waals surface area (Å²) in [5.74, 6) is 1.84. The third-order valence-electron chi connectivity index (χ3n) is 7.26. The van der Waals surface area contributed by atoms with E-state index in [9.17, 15) is 9.50 Å². The molecule has 3 N–H and O–H groups in total. The molecular weight excluding hydrogens is 455 g/mol. The van der Waals surface area contributed by atoms with Crippen LogP contribution in [-0.2, 0) is 24.1 Å². The van der Waals surface area contributed by atoms with Crippen molar-refractivity contribution in [1.29, 1.82) is 0 Å². The molecule has 3 atom stereocenters. The van der Waals surface area contributed by atoms with Crippen LogP contribution in [0.4, 0.5) is 4.39 Å². The molecule has 0 aliphatic heterocycles. The molecule has 0 spiro atoms. The summed E-state index contributed by atoms with van der Waals surface area (Å²) >= 11 is 0. The van der Waals surface area contributed by atoms with Gasteiger partial charge in [0, 0.05) is 18.1 Å². The number of hydrogen-bond acceptors (Lipinski definition) is 5. The number of ether oxygens (including phenoxy) is 2. The average Bonchev–Trinajstić information content (AvgIpc) is 2.85. The van der Waals surface area contributed by atoms with Crippen LogP contribution >= 0.6 is 0 Å². The lowest BCUT2D eigenvalue weighted by molar-refractivity contribution is 0.147. The minimum absolute atomic E-state index is 0.135. The van der Waals surface area contributed by atoms with Gasteiger partial charge in [0.1, 0.15) is 18.1 Å². The van der Waals surface area contributed by atoms with Crippen LogP contribution in [0.5, 0.6) is 11.5 Å². The molecule has 0 fully saturated rings. The van der Waals surface area contributed by atoms with Crippen molar-refractivity contribution in [3.05, 3.63) is 82.9 Å². The van der Waals surface area contributed by atoms with Crippen molar-refractivity contribution in [2.24, 2.45) is 17.6 Å². The summed E-state index contributed by atoms with van der Waals surface area (Å²) in [4.78, 5) is 2.39. The van der Waals surface area contributed by atoms with E-state index in [0.717, 1.165) is 37.1 Å². The molecular formula is C30H39FN2O3. The number of phenolic OH excluding ortho intramolecular Hbond substituents is 1. The van der Waals surface area contributed by atoms with Gasteiger partial charge >= 0.3 is 0 Å². The van der Waals surface area contributed by atoms with E-state index in [1.54, 1.807) is 25.3 Å². The van der Waals surface area contributed by atoms with E-state index >= 15 is 0 Å². The number of hydrogen-bond donors (Lipinski definition) is 2. The monoisotopic (exact) mass is 494 g/mol. The summed E-state index contributed by atoms with van der Waals surface area (Å²) in [5.41, 5.74) is 8.91. The second-order valence-electron chi connectivity index (χ2n) is 10.8. The first kappa shape index (κ1) is 26.2. The van der Waals surface area contributed by atoms with Gasteiger partial charge in [-0.25, -0.2) is 4.39 Å². The van der Waals surface area contributed by atoms with Crippen LogP contribution in [0.15, 0.2) is 60.4 Å². The average molecular weight is 495 g/mol. The first-order valence-electron chi connectivity index (χ1n) is 12.9. The van der Waals surface area contributed by atoms with E-state index in [4.69, 9.17) is 15.2 Å². The summed E-state index contributed by atoms with van der Waals surface area (Å²) in [7, 11) is 1.70. The molecule has 2 aliphatic carbocycles. The van der Waals surface area contributed by atoms with Crippen molar-refractivity contribution in [3.8, 4) is 11.5 Å². The number of methoxy groups -OCH3 is 1. The van der Waals surface area contributed by atoms with Gasteiger partial charge in [0.2, 0.25) is 0 Å². The van der Waals surface area contributed by atoms with Gasteiger partial charge in [-0.3, -0.25) is 4.90 Å². The zero-order chi connectivity index (χ0) is 25.9. The first-order chi connectivity index (χ1) is 17.2. The van der Waals surface area contributed by atoms with E-state index in [2.05, 4.69) is 36.1 Å². The summed E-state index contributed by atoms with van der Waals surface area (Å²) in [5, 5.41) is 9.87. The fourth-order valence-corrected chi connectivity index (χ4v) is 5.36. The highest BCUT2D eigenvalue weighted by molar-refractivity contribution is 5.37. The third-order valence-corrected chi connectivity index (χ3v) is 7.26. The minimum atomic E-state index is -0.529. The van der Waals surface area contributed by atoms with Crippen LogP contribution in [0.1, 0.15) is 43.9 Å². The summed E-state index contributed by atoms with van der Waals surface area (Å²) in [6.45, 7) is 7.53. The summed E-state index contributed by atoms with van der Waals surface area (Å²) < 4.78 is 26.0. The first-order valence-corrected chi connectivity index (χ1v) is 12.9. The van der Waals surface area contributed by atoms with Crippen LogP contribution < -0.4 is 10.5 Å². The van der Waals surface area contributed by atoms with Crippen molar-refractivity contribution >= 4 is 0 Å². The highest BCUT2D eigenvalue weighted by Gasteiger charge is 2.34. The molecule has 5 nitrogen and oxygen atoms in total. The van der Waals surface area contributed by atoms with Gasteiger partial charge in [0.05, 0.1) is 7.11 Å². The Morgan fingerprint density at radius 2 is 1.97 bits per heavy atom. The van der Waals surface area contributed by atoms with Gasteiger partial charge in [-0.05, 0) is 105 Å². The number of likely N-dealkylation sites (N-methyl/N-ethyl adjacent to an activating group) is 1. The number of allylic oxidation sites excluding steroid dienone is 1. The maximum atomic E-state index is 14.8. The van der Waals surface area contributed by atoms with Crippen LogP contribution in [0, 0.1) is 17.7 Å². The number of nitrogens with two attached hydrogens (primary N) is 1. The molecule has 2 unspecified atom stereocenters. The summed E-state index contributed by atoms with van der Waals surface area (Å²) in [6.07, 6.45) is 9.57. The molecule has 0 radical (unpaired) electrons. The van der Waals surface area contributed by atoms with Gasteiger partial charge in [-0.2, -0.15) is 0 Å². The third kappa shape index (κ3) is 6.29. The number of rotatable bonds is 9. The van der Waals surface area contributed by atoms with Crippen LogP contribution in [0.2, 0.25) is 0 Å². The van der Waals surface area contributed by atoms with Gasteiger partial charge in [0.15, 0.2) is 11.6 Å². The van der Waals surface area contributed by atoms with E-state index in [0.29, 0.717) is 24.1 Å². The number of phenols is 1. The predicted octanol–water partition coefficient (Wildman–Crippen LogP) is 5.36. The number of halogens is 1. The molecule has 0 amide bonds. The van der Waals surface area contributed by atoms with E-state index in [1.807, 2.05) is 26.0 Å². The lowest BCUT2D eigenvalue weighted by Gasteiger charge is -2.41. The zero-order valence-corrected chi connectivity index (χ0v) is 21.8. The van der Waals surface area contributed by atoms with E-state index < -0.39 is 5.54 Å². The molecule has 4 rings (SSSR count). The SMILES string of the molecule is CCN(Cc1ccc(OCC(C)(C)N)c(F)c1)C1C=C(OC)C=CC1[C@@H]1CCc2cc(O)ccc2C1. The lowest BCUT2D eigenvalue weighted by atomic mass is 9.72. The number of fused-ring (bicyclic) bond motifs is 1. The molecule has 0 bridgehead atoms. The van der Waals surface area contributed by atoms with Gasteiger partial charge in [-0.1, -0.05) is 25.1 Å². The Bertz CT molecular complexity index is 1120. The number of nitrogens with zero attached hydrogens (tertiary/aromatic N) is 1. The molecule has 0 saturated heterocycles. The maximum Gasteiger partial charge on any atom is 0.165 e. The Labute approximate surface area is 214 Å². The smallest absolute Gasteiger partial charge is 0.165 e. The minimum Gasteiger partial charge on any atom is -0.508 e. The van der Waals surface area contributed by atoms with E-state index in [1.165, 1.54) is 11.1 Å². The standard InChI is InChI=1S/C30H39FN2O3/c1-5-33(18-20-6-13-29(27(31)14-20)36-19-30(2,3)32)28-17-25(35-4)11-12-26(28)23-8-7-22-16-24(34)10-9-21(22)15-23/h6,9-14,16-17,23,26,28,34H,5,7-8,15,18-19,32H2,1-4H3/t23-,26?,28?/m1/s1.